The Morgan fingerprint density at radius 3 is 2.57 bits per heavy atom. The van der Waals surface area contributed by atoms with Gasteiger partial charge in [0.05, 0.1) is 13.2 Å². The summed E-state index contributed by atoms with van der Waals surface area (Å²) in [7, 11) is 0. The van der Waals surface area contributed by atoms with Gasteiger partial charge in [0.2, 0.25) is 0 Å². The lowest BCUT2D eigenvalue weighted by Crippen LogP contribution is -2.36. The monoisotopic (exact) mass is 218 g/mol. The molecule has 0 amide bonds. The highest BCUT2D eigenvalue weighted by Crippen LogP contribution is 2.05. The first-order chi connectivity index (χ1) is 6.93. The van der Waals surface area contributed by atoms with E-state index in [-0.39, 0.29) is 0 Å². The van der Waals surface area contributed by atoms with Crippen LogP contribution in [0.5, 0.6) is 0 Å². The molecule has 1 heterocycles. The Morgan fingerprint density at radius 2 is 1.86 bits per heavy atom. The fourth-order valence-electron chi connectivity index (χ4n) is 1.50. The number of nitrogens with zero attached hydrogens (tertiary/aromatic N) is 1. The standard InChI is InChI=1S/C10H22N2OS/c11-3-1-9-14-10-2-4-12-5-7-13-8-6-12/h1-11H2. The molecule has 0 atom stereocenters. The van der Waals surface area contributed by atoms with Crippen molar-refractivity contribution in [3.05, 3.63) is 0 Å². The van der Waals surface area contributed by atoms with Crippen LogP contribution in [0.3, 0.4) is 0 Å². The number of nitrogens with two attached hydrogens (primary N) is 1. The van der Waals surface area contributed by atoms with Crippen LogP contribution in [-0.2, 0) is 4.74 Å². The van der Waals surface area contributed by atoms with Crippen molar-refractivity contribution in [3.63, 3.8) is 0 Å². The summed E-state index contributed by atoms with van der Waals surface area (Å²) in [6, 6.07) is 0. The van der Waals surface area contributed by atoms with Crippen molar-refractivity contribution >= 4 is 11.8 Å². The first kappa shape index (κ1) is 12.3. The van der Waals surface area contributed by atoms with E-state index in [4.69, 9.17) is 10.5 Å². The lowest BCUT2D eigenvalue weighted by Gasteiger charge is -2.26. The molecule has 0 unspecified atom stereocenters. The molecule has 0 aliphatic carbocycles. The Morgan fingerprint density at radius 1 is 1.14 bits per heavy atom. The van der Waals surface area contributed by atoms with Crippen molar-refractivity contribution in [2.75, 3.05) is 50.9 Å². The van der Waals surface area contributed by atoms with Crippen LogP contribution < -0.4 is 5.73 Å². The van der Waals surface area contributed by atoms with Crippen LogP contribution in [0.4, 0.5) is 0 Å². The SMILES string of the molecule is NCCCSCCCN1CCOCC1. The van der Waals surface area contributed by atoms with E-state index in [0.717, 1.165) is 39.3 Å². The topological polar surface area (TPSA) is 38.5 Å². The minimum atomic E-state index is 0.830. The molecule has 1 aliphatic rings. The average Bonchev–Trinajstić information content (AvgIpc) is 2.25. The van der Waals surface area contributed by atoms with Crippen LogP contribution in [0.15, 0.2) is 0 Å². The molecular formula is C10H22N2OS. The molecule has 2 N–H and O–H groups in total. The number of rotatable bonds is 7. The molecule has 1 rings (SSSR count). The molecule has 3 nitrogen and oxygen atoms in total. The molecule has 0 radical (unpaired) electrons. The second-order valence-corrected chi connectivity index (χ2v) is 4.79. The predicted molar refractivity (Wildman–Crippen MR) is 62.9 cm³/mol. The van der Waals surface area contributed by atoms with E-state index >= 15 is 0 Å². The van der Waals surface area contributed by atoms with Gasteiger partial charge in [0.25, 0.3) is 0 Å². The normalized spacial score (nSPS) is 18.6. The van der Waals surface area contributed by atoms with Gasteiger partial charge in [-0.1, -0.05) is 0 Å². The number of thioether (sulfide) groups is 1. The van der Waals surface area contributed by atoms with Crippen molar-refractivity contribution in [1.29, 1.82) is 0 Å². The quantitative estimate of drug-likeness (QED) is 0.641. The van der Waals surface area contributed by atoms with Crippen molar-refractivity contribution in [2.45, 2.75) is 12.8 Å². The van der Waals surface area contributed by atoms with E-state index in [0.29, 0.717) is 0 Å². The Balaban J connectivity index is 1.82. The highest BCUT2D eigenvalue weighted by molar-refractivity contribution is 7.99. The van der Waals surface area contributed by atoms with Crippen LogP contribution in [-0.4, -0.2) is 55.8 Å². The van der Waals surface area contributed by atoms with Crippen LogP contribution in [0.2, 0.25) is 0 Å². The smallest absolute Gasteiger partial charge is 0.0594 e. The second kappa shape index (κ2) is 8.53. The zero-order valence-corrected chi connectivity index (χ0v) is 9.73. The van der Waals surface area contributed by atoms with Crippen LogP contribution in [0, 0.1) is 0 Å². The highest BCUT2D eigenvalue weighted by atomic mass is 32.2. The maximum atomic E-state index is 5.42. The minimum absolute atomic E-state index is 0.830. The third kappa shape index (κ3) is 5.86. The van der Waals surface area contributed by atoms with E-state index in [1.807, 2.05) is 11.8 Å². The van der Waals surface area contributed by atoms with E-state index in [2.05, 4.69) is 4.90 Å². The van der Waals surface area contributed by atoms with Crippen molar-refractivity contribution < 1.29 is 4.74 Å². The largest absolute Gasteiger partial charge is 0.379 e. The molecule has 0 aromatic heterocycles. The first-order valence-electron chi connectivity index (χ1n) is 5.51. The van der Waals surface area contributed by atoms with E-state index in [9.17, 15) is 0 Å². The molecule has 84 valence electrons. The van der Waals surface area contributed by atoms with Gasteiger partial charge < -0.3 is 10.5 Å². The van der Waals surface area contributed by atoms with Gasteiger partial charge in [0, 0.05) is 13.1 Å². The maximum absolute atomic E-state index is 5.42. The van der Waals surface area contributed by atoms with Gasteiger partial charge >= 0.3 is 0 Å². The summed E-state index contributed by atoms with van der Waals surface area (Å²) in [5.41, 5.74) is 5.42. The van der Waals surface area contributed by atoms with E-state index < -0.39 is 0 Å². The summed E-state index contributed by atoms with van der Waals surface area (Å²) in [4.78, 5) is 2.49. The maximum Gasteiger partial charge on any atom is 0.0594 e. The molecule has 1 saturated heterocycles. The van der Waals surface area contributed by atoms with Gasteiger partial charge in [0.1, 0.15) is 0 Å². The van der Waals surface area contributed by atoms with Gasteiger partial charge in [-0.05, 0) is 37.4 Å². The van der Waals surface area contributed by atoms with Crippen LogP contribution in [0.25, 0.3) is 0 Å². The Bertz CT molecular complexity index is 129. The van der Waals surface area contributed by atoms with Crippen molar-refractivity contribution in [1.82, 2.24) is 4.90 Å². The number of hydrogen-bond donors (Lipinski definition) is 1. The fraction of sp³-hybridized carbons (Fsp3) is 1.00. The van der Waals surface area contributed by atoms with E-state index in [1.165, 1.54) is 24.5 Å². The lowest BCUT2D eigenvalue weighted by molar-refractivity contribution is 0.0381. The summed E-state index contributed by atoms with van der Waals surface area (Å²) in [6.07, 6.45) is 2.46. The molecule has 4 heteroatoms. The van der Waals surface area contributed by atoms with E-state index in [1.54, 1.807) is 0 Å². The van der Waals surface area contributed by atoms with Gasteiger partial charge in [-0.3, -0.25) is 4.90 Å². The third-order valence-corrected chi connectivity index (χ3v) is 3.51. The third-order valence-electron chi connectivity index (χ3n) is 2.36. The van der Waals surface area contributed by atoms with Gasteiger partial charge in [-0.2, -0.15) is 11.8 Å². The first-order valence-corrected chi connectivity index (χ1v) is 6.67. The van der Waals surface area contributed by atoms with Crippen molar-refractivity contribution in [2.24, 2.45) is 5.73 Å². The predicted octanol–water partition coefficient (Wildman–Crippen LogP) is 0.791. The number of ether oxygens (including phenoxy) is 1. The zero-order valence-electron chi connectivity index (χ0n) is 8.91. The molecule has 0 aromatic carbocycles. The van der Waals surface area contributed by atoms with Gasteiger partial charge in [-0.15, -0.1) is 0 Å². The zero-order chi connectivity index (χ0) is 10.1. The molecule has 14 heavy (non-hydrogen) atoms. The molecule has 0 aromatic rings. The highest BCUT2D eigenvalue weighted by Gasteiger charge is 2.08. The average molecular weight is 218 g/mol. The molecular weight excluding hydrogens is 196 g/mol. The summed E-state index contributed by atoms with van der Waals surface area (Å²) in [6.45, 7) is 6.14. The summed E-state index contributed by atoms with van der Waals surface area (Å²) in [5.74, 6) is 2.50. The summed E-state index contributed by atoms with van der Waals surface area (Å²) in [5, 5.41) is 0. The van der Waals surface area contributed by atoms with Crippen LogP contribution in [0.1, 0.15) is 12.8 Å². The Hall–Kier alpha value is 0.230. The molecule has 1 fully saturated rings. The van der Waals surface area contributed by atoms with Crippen molar-refractivity contribution in [3.8, 4) is 0 Å². The Labute approximate surface area is 91.4 Å². The van der Waals surface area contributed by atoms with Gasteiger partial charge in [-0.25, -0.2) is 0 Å². The summed E-state index contributed by atoms with van der Waals surface area (Å²) < 4.78 is 5.30. The van der Waals surface area contributed by atoms with Crippen LogP contribution >= 0.6 is 11.8 Å². The second-order valence-electron chi connectivity index (χ2n) is 3.56. The molecule has 1 aliphatic heterocycles. The van der Waals surface area contributed by atoms with Gasteiger partial charge in [0.15, 0.2) is 0 Å². The lowest BCUT2D eigenvalue weighted by atomic mass is 10.4. The minimum Gasteiger partial charge on any atom is -0.379 e. The molecule has 0 saturated carbocycles. The number of hydrogen-bond acceptors (Lipinski definition) is 4. The molecule has 0 bridgehead atoms. The fourth-order valence-corrected chi connectivity index (χ4v) is 2.41. The molecule has 0 spiro atoms. The number of morpholine rings is 1. The Kier molecular flexibility index (Phi) is 7.50. The summed E-state index contributed by atoms with van der Waals surface area (Å²) >= 11 is 2.03.